The van der Waals surface area contributed by atoms with E-state index in [1.807, 2.05) is 39.0 Å². The van der Waals surface area contributed by atoms with E-state index in [0.29, 0.717) is 29.9 Å². The first kappa shape index (κ1) is 17.4. The van der Waals surface area contributed by atoms with E-state index in [2.05, 4.69) is 10.3 Å². The fraction of sp³-hybridized carbons (Fsp3) is 0.529. The molecule has 1 unspecified atom stereocenters. The van der Waals surface area contributed by atoms with Crippen LogP contribution < -0.4 is 11.1 Å². The first-order chi connectivity index (χ1) is 10.9. The first-order valence-corrected chi connectivity index (χ1v) is 8.01. The number of fused-ring (bicyclic) bond motifs is 1. The van der Waals surface area contributed by atoms with E-state index in [1.54, 1.807) is 6.07 Å². The molecule has 0 spiro atoms. The Morgan fingerprint density at radius 2 is 2.09 bits per heavy atom. The van der Waals surface area contributed by atoms with Crippen LogP contribution in [0.2, 0.25) is 0 Å². The summed E-state index contributed by atoms with van der Waals surface area (Å²) < 4.78 is 5.58. The monoisotopic (exact) mass is 319 g/mol. The average molecular weight is 319 g/mol. The van der Waals surface area contributed by atoms with Gasteiger partial charge in [-0.3, -0.25) is 4.79 Å². The molecule has 0 aliphatic carbocycles. The van der Waals surface area contributed by atoms with Gasteiger partial charge in [0.15, 0.2) is 11.7 Å². The van der Waals surface area contributed by atoms with Crippen molar-refractivity contribution in [3.05, 3.63) is 30.2 Å². The Kier molecular flexibility index (Phi) is 5.74. The van der Waals surface area contributed by atoms with Crippen LogP contribution in [-0.2, 0) is 4.79 Å². The van der Waals surface area contributed by atoms with Gasteiger partial charge < -0.3 is 20.6 Å². The highest BCUT2D eigenvalue weighted by molar-refractivity contribution is 5.81. The number of aliphatic hydroxyl groups is 1. The summed E-state index contributed by atoms with van der Waals surface area (Å²) in [6.07, 6.45) is 0.129. The van der Waals surface area contributed by atoms with Crippen LogP contribution in [0.1, 0.15) is 45.6 Å². The summed E-state index contributed by atoms with van der Waals surface area (Å²) in [6.45, 7) is 5.90. The van der Waals surface area contributed by atoms with Gasteiger partial charge in [0, 0.05) is 0 Å². The molecule has 23 heavy (non-hydrogen) atoms. The van der Waals surface area contributed by atoms with Crippen molar-refractivity contribution >= 4 is 17.0 Å². The number of aromatic nitrogens is 1. The minimum absolute atomic E-state index is 0.204. The second-order valence-corrected chi connectivity index (χ2v) is 6.22. The Morgan fingerprint density at radius 1 is 1.39 bits per heavy atom. The lowest BCUT2D eigenvalue weighted by Gasteiger charge is -2.23. The topological polar surface area (TPSA) is 101 Å². The molecule has 3 atom stereocenters. The van der Waals surface area contributed by atoms with E-state index < -0.39 is 18.2 Å². The summed E-state index contributed by atoms with van der Waals surface area (Å²) in [5.41, 5.74) is 7.18. The molecule has 0 bridgehead atoms. The van der Waals surface area contributed by atoms with Crippen molar-refractivity contribution in [2.45, 2.75) is 51.8 Å². The highest BCUT2D eigenvalue weighted by atomic mass is 16.4. The number of aliphatic hydroxyl groups excluding tert-OH is 1. The Morgan fingerprint density at radius 3 is 2.70 bits per heavy atom. The molecule has 0 radical (unpaired) electrons. The number of nitrogens with one attached hydrogen (secondary N) is 1. The van der Waals surface area contributed by atoms with Gasteiger partial charge in [-0.25, -0.2) is 4.98 Å². The maximum atomic E-state index is 12.2. The lowest BCUT2D eigenvalue weighted by molar-refractivity contribution is -0.124. The van der Waals surface area contributed by atoms with Gasteiger partial charge in [-0.1, -0.05) is 32.9 Å². The van der Waals surface area contributed by atoms with Gasteiger partial charge in [-0.15, -0.1) is 0 Å². The molecule has 0 aliphatic heterocycles. The van der Waals surface area contributed by atoms with Gasteiger partial charge >= 0.3 is 0 Å². The van der Waals surface area contributed by atoms with Crippen LogP contribution in [0.3, 0.4) is 0 Å². The quantitative estimate of drug-likeness (QED) is 0.725. The van der Waals surface area contributed by atoms with Crippen molar-refractivity contribution < 1.29 is 14.3 Å². The van der Waals surface area contributed by atoms with E-state index in [9.17, 15) is 9.90 Å². The number of hydrogen-bond donors (Lipinski definition) is 3. The van der Waals surface area contributed by atoms with Crippen molar-refractivity contribution in [1.29, 1.82) is 0 Å². The highest BCUT2D eigenvalue weighted by Crippen LogP contribution is 2.23. The molecule has 6 heteroatoms. The summed E-state index contributed by atoms with van der Waals surface area (Å²) in [4.78, 5) is 16.4. The van der Waals surface area contributed by atoms with Crippen LogP contribution in [0, 0.1) is 5.92 Å². The van der Waals surface area contributed by atoms with Crippen molar-refractivity contribution in [3.8, 4) is 0 Å². The molecule has 2 aromatic rings. The van der Waals surface area contributed by atoms with Crippen LogP contribution >= 0.6 is 0 Å². The van der Waals surface area contributed by atoms with Crippen molar-refractivity contribution in [2.24, 2.45) is 11.7 Å². The van der Waals surface area contributed by atoms with E-state index >= 15 is 0 Å². The lowest BCUT2D eigenvalue weighted by Crippen LogP contribution is -2.47. The zero-order valence-electron chi connectivity index (χ0n) is 13.8. The van der Waals surface area contributed by atoms with Gasteiger partial charge in [0.05, 0.1) is 12.1 Å². The number of para-hydroxylation sites is 2. The zero-order valence-corrected chi connectivity index (χ0v) is 13.8. The number of rotatable bonds is 7. The third kappa shape index (κ3) is 4.30. The fourth-order valence-corrected chi connectivity index (χ4v) is 2.50. The molecule has 4 N–H and O–H groups in total. The molecule has 2 rings (SSSR count). The van der Waals surface area contributed by atoms with Crippen LogP contribution in [0.5, 0.6) is 0 Å². The zero-order chi connectivity index (χ0) is 17.0. The Labute approximate surface area is 136 Å². The number of oxazole rings is 1. The largest absolute Gasteiger partial charge is 0.438 e. The molecule has 1 amide bonds. The first-order valence-electron chi connectivity index (χ1n) is 8.01. The average Bonchev–Trinajstić information content (AvgIpc) is 2.94. The number of hydrogen-bond acceptors (Lipinski definition) is 5. The Bertz CT molecular complexity index is 620. The molecule has 126 valence electrons. The SMILES string of the molecule is CC[C@H](NC(=O)[C@@H](N)CC(C)C)C(O)c1nc2ccccc2o1. The summed E-state index contributed by atoms with van der Waals surface area (Å²) in [7, 11) is 0. The second kappa shape index (κ2) is 7.57. The standard InChI is InChI=1S/C17H25N3O3/c1-4-12(19-16(22)11(18)9-10(2)3)15(21)17-20-13-7-5-6-8-14(13)23-17/h5-8,10-12,15,21H,4,9,18H2,1-3H3,(H,19,22)/t11-,12-,15?/m0/s1. The molecule has 0 aliphatic rings. The molecule has 0 saturated carbocycles. The minimum atomic E-state index is -1.01. The molecule has 0 saturated heterocycles. The number of nitrogens with two attached hydrogens (primary N) is 1. The summed E-state index contributed by atoms with van der Waals surface area (Å²) in [5.74, 6) is 0.272. The number of carbonyl (C=O) groups excluding carboxylic acids is 1. The summed E-state index contributed by atoms with van der Waals surface area (Å²) >= 11 is 0. The highest BCUT2D eigenvalue weighted by Gasteiger charge is 2.27. The van der Waals surface area contributed by atoms with Gasteiger partial charge in [0.1, 0.15) is 5.52 Å². The van der Waals surface area contributed by atoms with Gasteiger partial charge in [0.2, 0.25) is 11.8 Å². The maximum Gasteiger partial charge on any atom is 0.237 e. The fourth-order valence-electron chi connectivity index (χ4n) is 2.50. The molecule has 6 nitrogen and oxygen atoms in total. The van der Waals surface area contributed by atoms with E-state index in [4.69, 9.17) is 10.2 Å². The van der Waals surface area contributed by atoms with Gasteiger partial charge in [0.25, 0.3) is 0 Å². The van der Waals surface area contributed by atoms with Crippen LogP contribution in [0.4, 0.5) is 0 Å². The van der Waals surface area contributed by atoms with Crippen LogP contribution in [0.15, 0.2) is 28.7 Å². The van der Waals surface area contributed by atoms with E-state index in [1.165, 1.54) is 0 Å². The molecular formula is C17H25N3O3. The number of amides is 1. The third-order valence-electron chi connectivity index (χ3n) is 3.77. The van der Waals surface area contributed by atoms with Crippen molar-refractivity contribution in [1.82, 2.24) is 10.3 Å². The number of nitrogens with zero attached hydrogens (tertiary/aromatic N) is 1. The Hall–Kier alpha value is -1.92. The number of benzene rings is 1. The van der Waals surface area contributed by atoms with Gasteiger partial charge in [-0.2, -0.15) is 0 Å². The van der Waals surface area contributed by atoms with E-state index in [0.717, 1.165) is 0 Å². The molecule has 0 fully saturated rings. The summed E-state index contributed by atoms with van der Waals surface area (Å²) in [6, 6.07) is 6.22. The van der Waals surface area contributed by atoms with Crippen LogP contribution in [0.25, 0.3) is 11.1 Å². The minimum Gasteiger partial charge on any atom is -0.438 e. The summed E-state index contributed by atoms with van der Waals surface area (Å²) in [5, 5.41) is 13.3. The number of carbonyl (C=O) groups is 1. The van der Waals surface area contributed by atoms with E-state index in [-0.39, 0.29) is 11.8 Å². The van der Waals surface area contributed by atoms with Crippen molar-refractivity contribution in [3.63, 3.8) is 0 Å². The lowest BCUT2D eigenvalue weighted by atomic mass is 10.0. The predicted molar refractivity (Wildman–Crippen MR) is 88.6 cm³/mol. The molecule has 1 heterocycles. The van der Waals surface area contributed by atoms with Crippen molar-refractivity contribution in [2.75, 3.05) is 0 Å². The molecule has 1 aromatic heterocycles. The maximum absolute atomic E-state index is 12.2. The predicted octanol–water partition coefficient (Wildman–Crippen LogP) is 2.13. The second-order valence-electron chi connectivity index (χ2n) is 6.22. The molecule has 1 aromatic carbocycles. The third-order valence-corrected chi connectivity index (χ3v) is 3.77. The Balaban J connectivity index is 2.08. The van der Waals surface area contributed by atoms with Gasteiger partial charge in [-0.05, 0) is 30.9 Å². The molecular weight excluding hydrogens is 294 g/mol. The smallest absolute Gasteiger partial charge is 0.237 e. The van der Waals surface area contributed by atoms with Crippen LogP contribution in [-0.4, -0.2) is 28.1 Å². The normalized spacial score (nSPS) is 15.6.